The Hall–Kier alpha value is -1.60. The maximum atomic E-state index is 12.9. The Kier molecular flexibility index (Phi) is 4.10. The smallest absolute Gasteiger partial charge is 0.340 e. The van der Waals surface area contributed by atoms with Gasteiger partial charge in [-0.2, -0.15) is 8.78 Å². The highest BCUT2D eigenvalue weighted by molar-refractivity contribution is 5.87. The summed E-state index contributed by atoms with van der Waals surface area (Å²) in [6, 6.07) is 0.116. The highest BCUT2D eigenvalue weighted by Gasteiger charge is 2.53. The molecule has 2 bridgehead atoms. The lowest BCUT2D eigenvalue weighted by molar-refractivity contribution is -0.184. The van der Waals surface area contributed by atoms with Crippen LogP contribution in [-0.2, 0) is 14.3 Å². The maximum Gasteiger partial charge on any atom is 0.340 e. The first-order valence-corrected chi connectivity index (χ1v) is 7.61. The molecule has 4 nitrogen and oxygen atoms in total. The molecule has 0 spiro atoms. The first kappa shape index (κ1) is 16.3. The number of hydrogen-bond acceptors (Lipinski definition) is 3. The van der Waals surface area contributed by atoms with Gasteiger partial charge in [0.25, 0.3) is 0 Å². The Labute approximate surface area is 130 Å². The van der Waals surface area contributed by atoms with Crippen molar-refractivity contribution in [3.8, 4) is 0 Å². The van der Waals surface area contributed by atoms with Crippen molar-refractivity contribution >= 4 is 11.9 Å². The number of nitrogens with one attached hydrogen (secondary N) is 1. The molecule has 0 unspecified atom stereocenters. The minimum absolute atomic E-state index is 0.116. The third-order valence-corrected chi connectivity index (χ3v) is 4.68. The topological polar surface area (TPSA) is 55.4 Å². The maximum absolute atomic E-state index is 12.9. The summed E-state index contributed by atoms with van der Waals surface area (Å²) in [6.45, 7) is -1.67. The first-order valence-electron chi connectivity index (χ1n) is 7.61. The molecule has 4 atom stereocenters. The van der Waals surface area contributed by atoms with Crippen LogP contribution in [0.3, 0.4) is 0 Å². The quantitative estimate of drug-likeness (QED) is 0.460. The van der Waals surface area contributed by atoms with Gasteiger partial charge < -0.3 is 10.1 Å². The van der Waals surface area contributed by atoms with E-state index in [1.165, 1.54) is 0 Å². The van der Waals surface area contributed by atoms with Crippen molar-refractivity contribution in [2.24, 2.45) is 23.7 Å². The van der Waals surface area contributed by atoms with Gasteiger partial charge in [0.1, 0.15) is 0 Å². The van der Waals surface area contributed by atoms with E-state index in [-0.39, 0.29) is 23.8 Å². The van der Waals surface area contributed by atoms with E-state index in [0.717, 1.165) is 12.8 Å². The van der Waals surface area contributed by atoms with Gasteiger partial charge in [0.2, 0.25) is 5.91 Å². The predicted molar refractivity (Wildman–Crippen MR) is 70.8 cm³/mol. The van der Waals surface area contributed by atoms with Crippen molar-refractivity contribution in [1.29, 1.82) is 0 Å². The van der Waals surface area contributed by atoms with E-state index in [2.05, 4.69) is 10.1 Å². The van der Waals surface area contributed by atoms with Crippen LogP contribution in [0.5, 0.6) is 0 Å². The van der Waals surface area contributed by atoms with Crippen molar-refractivity contribution in [2.45, 2.75) is 37.7 Å². The van der Waals surface area contributed by atoms with Gasteiger partial charge in [0.05, 0.1) is 11.8 Å². The number of fused-ring (bicyclic) bond motifs is 2. The second kappa shape index (κ2) is 5.79. The number of carbonyl (C=O) groups excluding carboxylic acids is 2. The fraction of sp³-hybridized carbons (Fsp3) is 0.733. The zero-order valence-corrected chi connectivity index (χ0v) is 12.2. The van der Waals surface area contributed by atoms with Crippen LogP contribution in [-0.4, -0.2) is 36.9 Å². The minimum Gasteiger partial charge on any atom is -0.459 e. The van der Waals surface area contributed by atoms with Gasteiger partial charge in [-0.1, -0.05) is 12.2 Å². The average molecular weight is 335 g/mol. The zero-order valence-electron chi connectivity index (χ0n) is 12.2. The molecular weight excluding hydrogens is 318 g/mol. The van der Waals surface area contributed by atoms with Gasteiger partial charge in [0, 0.05) is 6.04 Å². The molecule has 128 valence electrons. The van der Waals surface area contributed by atoms with Crippen LogP contribution in [0.1, 0.15) is 19.3 Å². The Bertz CT molecular complexity index is 533. The Morgan fingerprint density at radius 3 is 2.35 bits per heavy atom. The SMILES string of the molecule is O=C(NC1CC1)[C@H]1[C@H](C(=O)OCC(F)(F)C(F)F)[C@H]2C=C[C@H]1C2. The molecule has 2 fully saturated rings. The fourth-order valence-corrected chi connectivity index (χ4v) is 3.35. The average Bonchev–Trinajstić information content (AvgIpc) is 3.06. The molecule has 1 amide bonds. The lowest BCUT2D eigenvalue weighted by Gasteiger charge is -2.26. The number of rotatable bonds is 6. The monoisotopic (exact) mass is 335 g/mol. The molecule has 23 heavy (non-hydrogen) atoms. The Morgan fingerprint density at radius 2 is 1.78 bits per heavy atom. The summed E-state index contributed by atoms with van der Waals surface area (Å²) in [7, 11) is 0. The summed E-state index contributed by atoms with van der Waals surface area (Å²) in [4.78, 5) is 24.4. The molecule has 0 aliphatic heterocycles. The lowest BCUT2D eigenvalue weighted by Crippen LogP contribution is -2.42. The van der Waals surface area contributed by atoms with E-state index in [1.54, 1.807) is 6.08 Å². The van der Waals surface area contributed by atoms with Crippen molar-refractivity contribution in [3.63, 3.8) is 0 Å². The minimum atomic E-state index is -4.38. The summed E-state index contributed by atoms with van der Waals surface area (Å²) >= 11 is 0. The van der Waals surface area contributed by atoms with Gasteiger partial charge in [-0.15, -0.1) is 0 Å². The summed E-state index contributed by atoms with van der Waals surface area (Å²) in [5.74, 6) is -7.61. The normalized spacial score (nSPS) is 32.4. The van der Waals surface area contributed by atoms with E-state index in [4.69, 9.17) is 0 Å². The number of esters is 1. The second-order valence-electron chi connectivity index (χ2n) is 6.45. The molecule has 2 saturated carbocycles. The van der Waals surface area contributed by atoms with Crippen LogP contribution in [0.25, 0.3) is 0 Å². The summed E-state index contributed by atoms with van der Waals surface area (Å²) < 4.78 is 54.5. The molecule has 3 aliphatic rings. The largest absolute Gasteiger partial charge is 0.459 e. The number of halogens is 4. The molecular formula is C15H17F4NO3. The van der Waals surface area contributed by atoms with Crippen LogP contribution in [0.15, 0.2) is 12.2 Å². The lowest BCUT2D eigenvalue weighted by atomic mass is 9.82. The highest BCUT2D eigenvalue weighted by atomic mass is 19.3. The summed E-state index contributed by atoms with van der Waals surface area (Å²) in [5, 5.41) is 2.81. The fourth-order valence-electron chi connectivity index (χ4n) is 3.35. The van der Waals surface area contributed by atoms with Crippen LogP contribution in [0.2, 0.25) is 0 Å². The van der Waals surface area contributed by atoms with Crippen LogP contribution in [0, 0.1) is 23.7 Å². The molecule has 0 radical (unpaired) electrons. The van der Waals surface area contributed by atoms with Crippen LogP contribution in [0.4, 0.5) is 17.6 Å². The molecule has 0 aromatic carbocycles. The number of amides is 1. The van der Waals surface area contributed by atoms with Gasteiger partial charge in [-0.05, 0) is 31.1 Å². The number of carbonyl (C=O) groups is 2. The second-order valence-corrected chi connectivity index (χ2v) is 6.45. The predicted octanol–water partition coefficient (Wildman–Crippen LogP) is 2.15. The molecule has 3 rings (SSSR count). The van der Waals surface area contributed by atoms with Crippen molar-refractivity contribution in [1.82, 2.24) is 5.32 Å². The van der Waals surface area contributed by atoms with Crippen LogP contribution >= 0.6 is 0 Å². The van der Waals surface area contributed by atoms with Gasteiger partial charge in [0.15, 0.2) is 6.61 Å². The Morgan fingerprint density at radius 1 is 1.17 bits per heavy atom. The van der Waals surface area contributed by atoms with E-state index in [1.807, 2.05) is 6.08 Å². The standard InChI is InChI=1S/C15H17F4NO3/c16-14(17)15(18,19)6-23-13(22)11-8-2-1-7(5-8)10(11)12(21)20-9-3-4-9/h1-2,7-11,14H,3-6H2,(H,20,21)/t7-,8-,10+,11+/m0/s1. The van der Waals surface area contributed by atoms with E-state index in [9.17, 15) is 27.2 Å². The number of allylic oxidation sites excluding steroid dienone is 2. The van der Waals surface area contributed by atoms with Gasteiger partial charge >= 0.3 is 18.3 Å². The molecule has 1 N–H and O–H groups in total. The highest BCUT2D eigenvalue weighted by Crippen LogP contribution is 2.49. The molecule has 3 aliphatic carbocycles. The van der Waals surface area contributed by atoms with Crippen molar-refractivity contribution < 1.29 is 31.9 Å². The van der Waals surface area contributed by atoms with Gasteiger partial charge in [-0.25, -0.2) is 8.78 Å². The van der Waals surface area contributed by atoms with Crippen molar-refractivity contribution in [2.75, 3.05) is 6.61 Å². The van der Waals surface area contributed by atoms with E-state index in [0.29, 0.717) is 6.42 Å². The van der Waals surface area contributed by atoms with Crippen LogP contribution < -0.4 is 5.32 Å². The zero-order chi connectivity index (χ0) is 16.8. The summed E-state index contributed by atoms with van der Waals surface area (Å²) in [6.07, 6.45) is 2.07. The molecule has 0 aromatic rings. The molecule has 0 heterocycles. The molecule has 8 heteroatoms. The number of hydrogen-bond donors (Lipinski definition) is 1. The molecule has 0 aromatic heterocycles. The summed E-state index contributed by atoms with van der Waals surface area (Å²) in [5.41, 5.74) is 0. The molecule has 0 saturated heterocycles. The Balaban J connectivity index is 1.65. The van der Waals surface area contributed by atoms with E-state index >= 15 is 0 Å². The number of ether oxygens (including phenoxy) is 1. The third-order valence-electron chi connectivity index (χ3n) is 4.68. The third kappa shape index (κ3) is 3.21. The number of alkyl halides is 4. The van der Waals surface area contributed by atoms with E-state index < -0.39 is 36.8 Å². The first-order chi connectivity index (χ1) is 10.8. The van der Waals surface area contributed by atoms with Gasteiger partial charge in [-0.3, -0.25) is 9.59 Å². The van der Waals surface area contributed by atoms with Crippen molar-refractivity contribution in [3.05, 3.63) is 12.2 Å².